The maximum Gasteiger partial charge on any atom is 0.411 e. The summed E-state index contributed by atoms with van der Waals surface area (Å²) in [5.74, 6) is -0.391. The molecule has 8 heteroatoms. The van der Waals surface area contributed by atoms with E-state index in [1.54, 1.807) is 15.8 Å². The van der Waals surface area contributed by atoms with Crippen LogP contribution < -0.4 is 0 Å². The van der Waals surface area contributed by atoms with Gasteiger partial charge in [-0.25, -0.2) is 0 Å². The summed E-state index contributed by atoms with van der Waals surface area (Å²) in [7, 11) is 0. The lowest BCUT2D eigenvalue weighted by molar-refractivity contribution is -0.178. The first-order chi connectivity index (χ1) is 10.3. The minimum Gasteiger partial charge on any atom is -0.362 e. The molecule has 1 atom stereocenters. The second kappa shape index (κ2) is 7.13. The highest BCUT2D eigenvalue weighted by atomic mass is 19.4. The van der Waals surface area contributed by atoms with Gasteiger partial charge in [0.05, 0.1) is 18.8 Å². The van der Waals surface area contributed by atoms with Crippen molar-refractivity contribution in [2.45, 2.75) is 44.9 Å². The summed E-state index contributed by atoms with van der Waals surface area (Å²) in [6, 6.07) is -0.0463. The Morgan fingerprint density at radius 3 is 2.86 bits per heavy atom. The molecule has 0 radical (unpaired) electrons. The number of amides is 1. The van der Waals surface area contributed by atoms with Crippen LogP contribution in [-0.2, 0) is 16.1 Å². The second-order valence-electron chi connectivity index (χ2n) is 5.58. The number of nitrogens with zero attached hydrogens (tertiary/aromatic N) is 3. The Kier molecular flexibility index (Phi) is 5.44. The Bertz CT molecular complexity index is 502. The first-order valence-electron chi connectivity index (χ1n) is 7.28. The molecule has 0 aliphatic carbocycles. The van der Waals surface area contributed by atoms with Crippen LogP contribution in [0.5, 0.6) is 0 Å². The van der Waals surface area contributed by atoms with Gasteiger partial charge in [0.25, 0.3) is 0 Å². The lowest BCUT2D eigenvalue weighted by atomic mass is 10.0. The van der Waals surface area contributed by atoms with Crippen molar-refractivity contribution in [3.8, 4) is 0 Å². The van der Waals surface area contributed by atoms with Crippen LogP contribution in [0.1, 0.15) is 24.8 Å². The van der Waals surface area contributed by atoms with Crippen molar-refractivity contribution in [3.63, 3.8) is 0 Å². The zero-order chi connectivity index (χ0) is 16.2. The number of aromatic nitrogens is 2. The van der Waals surface area contributed by atoms with Crippen molar-refractivity contribution in [3.05, 3.63) is 18.0 Å². The van der Waals surface area contributed by atoms with Gasteiger partial charge in [-0.2, -0.15) is 18.3 Å². The van der Waals surface area contributed by atoms with E-state index in [9.17, 15) is 18.0 Å². The Labute approximate surface area is 127 Å². The van der Waals surface area contributed by atoms with Crippen LogP contribution in [0.4, 0.5) is 13.2 Å². The quantitative estimate of drug-likeness (QED) is 0.835. The lowest BCUT2D eigenvalue weighted by Crippen LogP contribution is -2.47. The summed E-state index contributed by atoms with van der Waals surface area (Å²) in [5, 5.41) is 4.20. The number of hydrogen-bond donors (Lipinski definition) is 0. The fourth-order valence-electron chi connectivity index (χ4n) is 2.64. The zero-order valence-electron chi connectivity index (χ0n) is 12.5. The molecular formula is C14H20F3N3O2. The highest BCUT2D eigenvalue weighted by Gasteiger charge is 2.30. The number of carbonyl (C=O) groups is 1. The number of piperidine rings is 1. The minimum atomic E-state index is -4.41. The maximum absolute atomic E-state index is 12.1. The van der Waals surface area contributed by atoms with Gasteiger partial charge in [0.2, 0.25) is 5.91 Å². The maximum atomic E-state index is 12.1. The molecule has 0 bridgehead atoms. The number of halogens is 3. The van der Waals surface area contributed by atoms with Gasteiger partial charge >= 0.3 is 6.18 Å². The van der Waals surface area contributed by atoms with Crippen LogP contribution in [0.2, 0.25) is 0 Å². The van der Waals surface area contributed by atoms with E-state index in [0.29, 0.717) is 13.1 Å². The molecule has 1 aliphatic heterocycles. The molecule has 1 saturated heterocycles. The molecule has 5 nitrogen and oxygen atoms in total. The van der Waals surface area contributed by atoms with Gasteiger partial charge in [-0.3, -0.25) is 9.48 Å². The molecular weight excluding hydrogens is 299 g/mol. The largest absolute Gasteiger partial charge is 0.411 e. The standard InChI is InChI=1S/C14H20F3N3O2/c1-11-6-18-19(7-11)8-12-4-2-3-5-20(12)13(21)9-22-10-14(15,16)17/h6-7,12H,2-5,8-10H2,1H3/t12-/m1/s1. The number of alkyl halides is 3. The summed E-state index contributed by atoms with van der Waals surface area (Å²) in [4.78, 5) is 13.7. The van der Waals surface area contributed by atoms with Gasteiger partial charge in [-0.1, -0.05) is 0 Å². The van der Waals surface area contributed by atoms with E-state index >= 15 is 0 Å². The van der Waals surface area contributed by atoms with Gasteiger partial charge in [-0.15, -0.1) is 0 Å². The molecule has 1 fully saturated rings. The van der Waals surface area contributed by atoms with E-state index in [2.05, 4.69) is 9.84 Å². The number of hydrogen-bond acceptors (Lipinski definition) is 3. The number of carbonyl (C=O) groups excluding carboxylic acids is 1. The van der Waals surface area contributed by atoms with Crippen molar-refractivity contribution in [2.24, 2.45) is 0 Å². The van der Waals surface area contributed by atoms with Crippen LogP contribution in [-0.4, -0.2) is 52.6 Å². The fourth-order valence-corrected chi connectivity index (χ4v) is 2.64. The number of likely N-dealkylation sites (tertiary alicyclic amines) is 1. The van der Waals surface area contributed by atoms with Crippen molar-refractivity contribution in [1.29, 1.82) is 0 Å². The summed E-state index contributed by atoms with van der Waals surface area (Å²) in [6.07, 6.45) is 1.90. The first-order valence-corrected chi connectivity index (χ1v) is 7.28. The van der Waals surface area contributed by atoms with E-state index in [0.717, 1.165) is 24.8 Å². The highest BCUT2D eigenvalue weighted by molar-refractivity contribution is 5.77. The average molecular weight is 319 g/mol. The molecule has 0 spiro atoms. The third-order valence-corrected chi connectivity index (χ3v) is 3.60. The van der Waals surface area contributed by atoms with Crippen molar-refractivity contribution in [2.75, 3.05) is 19.8 Å². The average Bonchev–Trinajstić information content (AvgIpc) is 2.83. The molecule has 2 rings (SSSR count). The minimum absolute atomic E-state index is 0.0463. The predicted molar refractivity (Wildman–Crippen MR) is 73.2 cm³/mol. The smallest absolute Gasteiger partial charge is 0.362 e. The molecule has 2 heterocycles. The molecule has 0 unspecified atom stereocenters. The molecule has 22 heavy (non-hydrogen) atoms. The van der Waals surface area contributed by atoms with Crippen LogP contribution >= 0.6 is 0 Å². The van der Waals surface area contributed by atoms with Crippen LogP contribution in [0.3, 0.4) is 0 Å². The lowest BCUT2D eigenvalue weighted by Gasteiger charge is -2.35. The number of aryl methyl sites for hydroxylation is 1. The van der Waals surface area contributed by atoms with Crippen LogP contribution in [0, 0.1) is 6.92 Å². The number of ether oxygens (including phenoxy) is 1. The normalized spacial score (nSPS) is 19.5. The third kappa shape index (κ3) is 5.01. The van der Waals surface area contributed by atoms with Crippen LogP contribution in [0.25, 0.3) is 0 Å². The van der Waals surface area contributed by atoms with Gasteiger partial charge in [0.15, 0.2) is 0 Å². The summed E-state index contributed by atoms with van der Waals surface area (Å²) >= 11 is 0. The van der Waals surface area contributed by atoms with E-state index in [-0.39, 0.29) is 6.04 Å². The monoisotopic (exact) mass is 319 g/mol. The topological polar surface area (TPSA) is 47.4 Å². The Morgan fingerprint density at radius 1 is 1.45 bits per heavy atom. The Balaban J connectivity index is 1.89. The molecule has 1 amide bonds. The molecule has 124 valence electrons. The second-order valence-corrected chi connectivity index (χ2v) is 5.58. The van der Waals surface area contributed by atoms with Gasteiger partial charge in [0, 0.05) is 12.7 Å². The molecule has 1 aliphatic rings. The number of rotatable bonds is 5. The molecule has 0 aromatic carbocycles. The van der Waals surface area contributed by atoms with Crippen molar-refractivity contribution in [1.82, 2.24) is 14.7 Å². The van der Waals surface area contributed by atoms with E-state index in [4.69, 9.17) is 0 Å². The molecule has 0 N–H and O–H groups in total. The summed E-state index contributed by atoms with van der Waals surface area (Å²) < 4.78 is 42.4. The Hall–Kier alpha value is -1.57. The van der Waals surface area contributed by atoms with Gasteiger partial charge in [-0.05, 0) is 31.7 Å². The van der Waals surface area contributed by atoms with Crippen molar-refractivity contribution < 1.29 is 22.7 Å². The zero-order valence-corrected chi connectivity index (χ0v) is 12.5. The molecule has 0 saturated carbocycles. The third-order valence-electron chi connectivity index (χ3n) is 3.60. The van der Waals surface area contributed by atoms with Crippen LogP contribution in [0.15, 0.2) is 12.4 Å². The molecule has 1 aromatic heterocycles. The fraction of sp³-hybridized carbons (Fsp3) is 0.714. The van der Waals surface area contributed by atoms with Crippen molar-refractivity contribution >= 4 is 5.91 Å². The first kappa shape index (κ1) is 16.8. The Morgan fingerprint density at radius 2 is 2.23 bits per heavy atom. The summed E-state index contributed by atoms with van der Waals surface area (Å²) in [5.41, 5.74) is 1.03. The van der Waals surface area contributed by atoms with E-state index in [1.165, 1.54) is 0 Å². The summed E-state index contributed by atoms with van der Waals surface area (Å²) in [6.45, 7) is 1.11. The van der Waals surface area contributed by atoms with Gasteiger partial charge in [0.1, 0.15) is 13.2 Å². The van der Waals surface area contributed by atoms with Gasteiger partial charge < -0.3 is 9.64 Å². The van der Waals surface area contributed by atoms with E-state index < -0.39 is 25.3 Å². The van der Waals surface area contributed by atoms with E-state index in [1.807, 2.05) is 13.1 Å². The molecule has 1 aromatic rings. The SMILES string of the molecule is Cc1cnn(C[C@H]2CCCCN2C(=O)COCC(F)(F)F)c1. The highest BCUT2D eigenvalue weighted by Crippen LogP contribution is 2.19. The predicted octanol–water partition coefficient (Wildman–Crippen LogP) is 2.15.